The number of aromatic nitrogens is 8. The Bertz CT molecular complexity index is 4750. The largest absolute Gasteiger partial charge is 0.322 e. The van der Waals surface area contributed by atoms with Gasteiger partial charge in [0.05, 0.1) is 55.2 Å². The summed E-state index contributed by atoms with van der Waals surface area (Å²) in [4.78, 5) is 16.2. The Morgan fingerprint density at radius 1 is 0.342 bits per heavy atom. The average Bonchev–Trinajstić information content (AvgIpc) is 4.52. The van der Waals surface area contributed by atoms with E-state index >= 15 is 0 Å². The predicted molar refractivity (Wildman–Crippen MR) is 317 cm³/mol. The van der Waals surface area contributed by atoms with E-state index < -0.39 is 21.2 Å². The van der Waals surface area contributed by atoms with Crippen molar-refractivity contribution in [2.45, 2.75) is 16.3 Å². The van der Waals surface area contributed by atoms with Crippen molar-refractivity contribution in [3.05, 3.63) is 287 Å². The van der Waals surface area contributed by atoms with Crippen LogP contribution in [0.1, 0.15) is 26.5 Å². The van der Waals surface area contributed by atoms with Gasteiger partial charge in [0.15, 0.2) is 7.49 Å². The van der Waals surface area contributed by atoms with Crippen LogP contribution in [0.15, 0.2) is 267 Å². The lowest BCUT2D eigenvalue weighted by molar-refractivity contribution is -0.673. The van der Waals surface area contributed by atoms with Gasteiger partial charge in [0.25, 0.3) is 0 Å². The fourth-order valence-corrected chi connectivity index (χ4v) is 15.7. The van der Waals surface area contributed by atoms with E-state index in [9.17, 15) is 0 Å². The number of pyridine rings is 1. The molecule has 0 fully saturated rings. The number of fused-ring (bicyclic) bond motifs is 13. The van der Waals surface area contributed by atoms with Crippen LogP contribution in [0.25, 0.3) is 106 Å². The van der Waals surface area contributed by atoms with E-state index in [1.165, 1.54) is 47.8 Å². The summed E-state index contributed by atoms with van der Waals surface area (Å²) in [5, 5.41) is 2.54. The maximum Gasteiger partial charge on any atom is 0.322 e. The molecule has 0 saturated heterocycles. The molecule has 374 valence electrons. The van der Waals surface area contributed by atoms with Crippen LogP contribution in [0.3, 0.4) is 0 Å². The fraction of sp³-hybridized carbons (Fsp3) is 0.0429. The van der Waals surface area contributed by atoms with Gasteiger partial charge in [0, 0.05) is 27.9 Å². The predicted octanol–water partition coefficient (Wildman–Crippen LogP) is 13.4. The van der Waals surface area contributed by atoms with E-state index in [4.69, 9.17) is 15.0 Å². The van der Waals surface area contributed by atoms with Crippen LogP contribution in [-0.4, -0.2) is 37.5 Å². The molecule has 0 spiro atoms. The second kappa shape index (κ2) is 18.6. The molecule has 10 aromatic carbocycles. The van der Waals surface area contributed by atoms with E-state index in [-0.39, 0.29) is 5.92 Å². The first-order chi connectivity index (χ1) is 39.2. The lowest BCUT2D eigenvalue weighted by atomic mass is 9.86. The molecule has 0 radical (unpaired) electrons. The highest BCUT2D eigenvalue weighted by atomic mass is 127. The van der Waals surface area contributed by atoms with Gasteiger partial charge in [-0.2, -0.15) is 0 Å². The summed E-state index contributed by atoms with van der Waals surface area (Å²) in [5.74, 6) is 3.38. The van der Waals surface area contributed by atoms with Crippen molar-refractivity contribution in [2.75, 3.05) is 0 Å². The summed E-state index contributed by atoms with van der Waals surface area (Å²) in [5.41, 5.74) is 17.9. The van der Waals surface area contributed by atoms with Crippen LogP contribution in [0, 0.1) is 3.57 Å². The number of para-hydroxylation sites is 10. The molecule has 0 N–H and O–H groups in total. The Hall–Kier alpha value is -9.58. The SMILES string of the molecule is c1ccc([I+]C(c2ccc(-n3c4ccccc4c4ccccc43)cc2)C(Cc2ccc(-c3cc(-n4c5ccccc5n5c6ccccc6nc45)nc(-n4c5ccccc5n5c6ccccc6nc45)c3)cc2)c2ccccc2)cc1. The van der Waals surface area contributed by atoms with Crippen LogP contribution in [-0.2, 0) is 6.42 Å². The second-order valence-electron chi connectivity index (χ2n) is 20.4. The highest BCUT2D eigenvalue weighted by Crippen LogP contribution is 2.38. The molecule has 16 aromatic rings. The van der Waals surface area contributed by atoms with Gasteiger partial charge in [-0.1, -0.05) is 170 Å². The van der Waals surface area contributed by atoms with Gasteiger partial charge in [-0.3, -0.25) is 17.9 Å². The standard InChI is InChI=1S/C70H48IN8/c1-3-19-48(20-4-1)55(68(71-51-21-5-2-6-22-51)49-39-41-52(42-40-49)75-58-27-11-7-23-53(58)54-24-8-12-28-59(54)75)43-46-35-37-47(38-36-46)50-44-66(78-64-33-17-15-31-62(64)76-60-29-13-9-25-56(60)72-69(76)78)74-67(45-50)79-65-34-18-16-32-63(65)77-61-30-14-10-26-57(61)73-70(77)79/h1-42,44-45,55,68H,43H2/q+1. The molecule has 9 heteroatoms. The molecule has 8 nitrogen and oxygen atoms in total. The molecule has 0 aliphatic heterocycles. The smallest absolute Gasteiger partial charge is 0.309 e. The number of rotatable bonds is 11. The third-order valence-corrected chi connectivity index (χ3v) is 19.5. The quantitative estimate of drug-likeness (QED) is 0.0958. The molecule has 0 aliphatic carbocycles. The molecule has 6 heterocycles. The van der Waals surface area contributed by atoms with Gasteiger partial charge in [-0.05, 0) is 126 Å². The maximum absolute atomic E-state index is 5.63. The third kappa shape index (κ3) is 7.51. The number of imidazole rings is 4. The molecule has 2 unspecified atom stereocenters. The molecule has 0 bridgehead atoms. The van der Waals surface area contributed by atoms with Gasteiger partial charge in [-0.15, -0.1) is 0 Å². The number of nitrogens with zero attached hydrogens (tertiary/aromatic N) is 8. The molecular formula is C70H48IN8+. The summed E-state index contributed by atoms with van der Waals surface area (Å²) >= 11 is -0.482. The van der Waals surface area contributed by atoms with E-state index in [0.717, 1.165) is 84.9 Å². The van der Waals surface area contributed by atoms with Crippen LogP contribution in [0.4, 0.5) is 0 Å². The van der Waals surface area contributed by atoms with Crippen molar-refractivity contribution >= 4 is 77.5 Å². The Morgan fingerprint density at radius 2 is 0.797 bits per heavy atom. The van der Waals surface area contributed by atoms with E-state index in [1.807, 2.05) is 0 Å². The number of benzene rings is 10. The minimum absolute atomic E-state index is 0.224. The van der Waals surface area contributed by atoms with Crippen LogP contribution in [0.5, 0.6) is 0 Å². The monoisotopic (exact) mass is 1130 g/mol. The number of hydrogen-bond donors (Lipinski definition) is 0. The number of hydrogen-bond acceptors (Lipinski definition) is 3. The van der Waals surface area contributed by atoms with Crippen molar-refractivity contribution in [2.24, 2.45) is 0 Å². The molecule has 79 heavy (non-hydrogen) atoms. The van der Waals surface area contributed by atoms with Crippen LogP contribution in [0.2, 0.25) is 0 Å². The summed E-state index contributed by atoms with van der Waals surface area (Å²) in [6.07, 6.45) is 0.880. The lowest BCUT2D eigenvalue weighted by Gasteiger charge is -2.21. The zero-order valence-corrected chi connectivity index (χ0v) is 44.9. The highest BCUT2D eigenvalue weighted by molar-refractivity contribution is 6.09. The highest BCUT2D eigenvalue weighted by Gasteiger charge is 2.37. The zero-order chi connectivity index (χ0) is 52.0. The maximum atomic E-state index is 5.63. The van der Waals surface area contributed by atoms with Gasteiger partial charge in [0.2, 0.25) is 11.6 Å². The molecule has 0 aliphatic rings. The molecular weight excluding hydrogens is 1080 g/mol. The minimum Gasteiger partial charge on any atom is -0.309 e. The fourth-order valence-electron chi connectivity index (χ4n) is 12.2. The summed E-state index contributed by atoms with van der Waals surface area (Å²) in [6, 6.07) is 97.0. The molecule has 16 rings (SSSR count). The number of alkyl halides is 1. The van der Waals surface area contributed by atoms with Gasteiger partial charge >= 0.3 is 21.2 Å². The molecule has 6 aromatic heterocycles. The van der Waals surface area contributed by atoms with Crippen molar-refractivity contribution in [3.63, 3.8) is 0 Å². The Balaban J connectivity index is 0.832. The van der Waals surface area contributed by atoms with Gasteiger partial charge < -0.3 is 4.57 Å². The number of halogens is 1. The Morgan fingerprint density at radius 3 is 1.34 bits per heavy atom. The minimum atomic E-state index is -0.482. The molecule has 0 amide bonds. The van der Waals surface area contributed by atoms with Crippen LogP contribution < -0.4 is 21.2 Å². The first-order valence-corrected chi connectivity index (χ1v) is 29.2. The van der Waals surface area contributed by atoms with Crippen LogP contribution >= 0.6 is 0 Å². The van der Waals surface area contributed by atoms with E-state index in [1.54, 1.807) is 0 Å². The summed E-state index contributed by atoms with van der Waals surface area (Å²) in [6.45, 7) is 0. The van der Waals surface area contributed by atoms with Gasteiger partial charge in [0.1, 0.15) is 11.6 Å². The van der Waals surface area contributed by atoms with E-state index in [0.29, 0.717) is 3.92 Å². The average molecular weight is 1130 g/mol. The summed E-state index contributed by atoms with van der Waals surface area (Å²) in [7, 11) is 0. The van der Waals surface area contributed by atoms with Gasteiger partial charge in [-0.25, -0.2) is 15.0 Å². The molecule has 0 saturated carbocycles. The first kappa shape index (κ1) is 45.6. The van der Waals surface area contributed by atoms with Crippen molar-refractivity contribution < 1.29 is 21.2 Å². The van der Waals surface area contributed by atoms with E-state index in [2.05, 4.69) is 289 Å². The summed E-state index contributed by atoms with van der Waals surface area (Å²) < 4.78 is 13.1. The lowest BCUT2D eigenvalue weighted by Crippen LogP contribution is -3.62. The topological polar surface area (TPSA) is 62.3 Å². The van der Waals surface area contributed by atoms with Crippen molar-refractivity contribution in [3.8, 4) is 28.5 Å². The first-order valence-electron chi connectivity index (χ1n) is 26.9. The Labute approximate surface area is 465 Å². The van der Waals surface area contributed by atoms with Crippen molar-refractivity contribution in [1.29, 1.82) is 0 Å². The Kier molecular flexibility index (Phi) is 10.7. The van der Waals surface area contributed by atoms with Crippen molar-refractivity contribution in [1.82, 2.24) is 37.5 Å². The third-order valence-electron chi connectivity index (χ3n) is 15.8. The normalized spacial score (nSPS) is 12.8. The zero-order valence-electron chi connectivity index (χ0n) is 42.7. The second-order valence-corrected chi connectivity index (χ2v) is 23.6. The molecule has 2 atom stereocenters.